The Bertz CT molecular complexity index is 1320. The minimum absolute atomic E-state index is 0.00746. The summed E-state index contributed by atoms with van der Waals surface area (Å²) in [4.78, 5) is 15.7. The van der Waals surface area contributed by atoms with Crippen LogP contribution in [0.4, 0.5) is 13.2 Å². The Labute approximate surface area is 186 Å². The molecule has 3 aromatic rings. The number of nitrogens with zero attached hydrogens (tertiary/aromatic N) is 1. The highest BCUT2D eigenvalue weighted by molar-refractivity contribution is 7.91. The van der Waals surface area contributed by atoms with Crippen LogP contribution < -0.4 is 15.4 Å². The molecule has 0 bridgehead atoms. The van der Waals surface area contributed by atoms with Gasteiger partial charge in [-0.15, -0.1) is 13.2 Å². The quantitative estimate of drug-likeness (QED) is 0.558. The topological polar surface area (TPSA) is 111 Å². The lowest BCUT2D eigenvalue weighted by molar-refractivity contribution is -0.274. The summed E-state index contributed by atoms with van der Waals surface area (Å²) in [5, 5.41) is 5.60. The number of furan rings is 1. The molecule has 8 nitrogen and oxygen atoms in total. The summed E-state index contributed by atoms with van der Waals surface area (Å²) < 4.78 is 72.0. The highest BCUT2D eigenvalue weighted by Crippen LogP contribution is 2.28. The number of nitrogens with one attached hydrogen (secondary N) is 2. The van der Waals surface area contributed by atoms with Crippen molar-refractivity contribution in [3.8, 4) is 5.75 Å². The maximum Gasteiger partial charge on any atom is 0.573 e. The Hall–Kier alpha value is -3.80. The number of carbonyl (C=O) groups excluding carboxylic acids is 1. The van der Waals surface area contributed by atoms with Crippen LogP contribution in [0, 0.1) is 0 Å². The van der Waals surface area contributed by atoms with Crippen LogP contribution in [0.3, 0.4) is 0 Å². The van der Waals surface area contributed by atoms with E-state index in [1.54, 1.807) is 18.3 Å². The van der Waals surface area contributed by atoms with Crippen molar-refractivity contribution in [3.05, 3.63) is 77.6 Å². The summed E-state index contributed by atoms with van der Waals surface area (Å²) in [5.41, 5.74) is 1.17. The van der Waals surface area contributed by atoms with E-state index in [2.05, 4.69) is 20.4 Å². The van der Waals surface area contributed by atoms with Gasteiger partial charge in [-0.25, -0.2) is 8.42 Å². The van der Waals surface area contributed by atoms with Crippen molar-refractivity contribution in [1.29, 1.82) is 0 Å². The van der Waals surface area contributed by atoms with Gasteiger partial charge >= 0.3 is 6.36 Å². The van der Waals surface area contributed by atoms with E-state index in [9.17, 15) is 26.4 Å². The maximum absolute atomic E-state index is 12.7. The summed E-state index contributed by atoms with van der Waals surface area (Å²) >= 11 is 0. The Kier molecular flexibility index (Phi) is 5.85. The molecule has 3 heterocycles. The van der Waals surface area contributed by atoms with E-state index in [-0.39, 0.29) is 22.1 Å². The van der Waals surface area contributed by atoms with Crippen molar-refractivity contribution in [1.82, 2.24) is 15.6 Å². The molecule has 172 valence electrons. The molecule has 1 aliphatic heterocycles. The van der Waals surface area contributed by atoms with Crippen molar-refractivity contribution >= 4 is 21.8 Å². The van der Waals surface area contributed by atoms with Gasteiger partial charge in [0.1, 0.15) is 11.5 Å². The smallest absolute Gasteiger partial charge is 0.453 e. The van der Waals surface area contributed by atoms with E-state index < -0.39 is 27.9 Å². The molecule has 1 amide bonds. The summed E-state index contributed by atoms with van der Waals surface area (Å²) in [6.07, 6.45) is -0.349. The average molecular weight is 479 g/mol. The number of fused-ring (bicyclic) bond motifs is 1. The number of pyridine rings is 1. The first kappa shape index (κ1) is 22.4. The Balaban J connectivity index is 1.43. The number of rotatable bonds is 6. The van der Waals surface area contributed by atoms with Crippen LogP contribution in [0.25, 0.3) is 6.08 Å². The molecule has 0 aliphatic carbocycles. The number of halogens is 3. The summed E-state index contributed by atoms with van der Waals surface area (Å²) in [7, 11) is -4.13. The molecule has 0 atom stereocenters. The number of sulfone groups is 1. The number of aromatic nitrogens is 1. The Morgan fingerprint density at radius 2 is 2.00 bits per heavy atom. The summed E-state index contributed by atoms with van der Waals surface area (Å²) in [6.45, 7) is 0.482. The lowest BCUT2D eigenvalue weighted by Crippen LogP contribution is -2.22. The molecule has 2 N–H and O–H groups in total. The molecule has 2 aromatic heterocycles. The molecule has 0 spiro atoms. The van der Waals surface area contributed by atoms with Gasteiger partial charge in [0.15, 0.2) is 5.76 Å². The van der Waals surface area contributed by atoms with Crippen LogP contribution in [0.2, 0.25) is 0 Å². The van der Waals surface area contributed by atoms with Crippen molar-refractivity contribution in [2.75, 3.05) is 0 Å². The highest BCUT2D eigenvalue weighted by atomic mass is 32.2. The highest BCUT2D eigenvalue weighted by Gasteiger charge is 2.31. The van der Waals surface area contributed by atoms with Crippen LogP contribution >= 0.6 is 0 Å². The second kappa shape index (κ2) is 8.62. The van der Waals surface area contributed by atoms with Gasteiger partial charge in [0.25, 0.3) is 5.91 Å². The van der Waals surface area contributed by atoms with Gasteiger partial charge in [0, 0.05) is 11.8 Å². The fraction of sp³-hybridized carbons (Fsp3) is 0.143. The number of ether oxygens (including phenoxy) is 1. The molecule has 1 aromatic carbocycles. The van der Waals surface area contributed by atoms with Crippen molar-refractivity contribution in [2.45, 2.75) is 29.2 Å². The molecule has 0 saturated heterocycles. The SMILES string of the molecule is O=C(NCc1ccc(S(=O)(=O)c2cccc(OC(F)(F)F)c2)cn1)c1cc2c(o1)CNC=C2. The van der Waals surface area contributed by atoms with Gasteiger partial charge < -0.3 is 19.8 Å². The molecule has 33 heavy (non-hydrogen) atoms. The Morgan fingerprint density at radius 3 is 2.70 bits per heavy atom. The van der Waals surface area contributed by atoms with Crippen molar-refractivity contribution in [2.24, 2.45) is 0 Å². The van der Waals surface area contributed by atoms with Crippen LogP contribution in [-0.4, -0.2) is 25.7 Å². The number of hydrogen-bond donors (Lipinski definition) is 2. The van der Waals surface area contributed by atoms with E-state index in [1.165, 1.54) is 12.1 Å². The number of amides is 1. The van der Waals surface area contributed by atoms with Gasteiger partial charge in [0.05, 0.1) is 28.6 Å². The van der Waals surface area contributed by atoms with Gasteiger partial charge in [-0.3, -0.25) is 9.78 Å². The zero-order valence-corrected chi connectivity index (χ0v) is 17.5. The third-order valence-electron chi connectivity index (χ3n) is 4.60. The predicted molar refractivity (Wildman–Crippen MR) is 109 cm³/mol. The third kappa shape index (κ3) is 5.17. The predicted octanol–water partition coefficient (Wildman–Crippen LogP) is 3.41. The summed E-state index contributed by atoms with van der Waals surface area (Å²) in [5.74, 6) is -0.340. The zero-order chi connectivity index (χ0) is 23.6. The maximum atomic E-state index is 12.7. The third-order valence-corrected chi connectivity index (χ3v) is 6.33. The zero-order valence-electron chi connectivity index (χ0n) is 16.7. The molecule has 1 aliphatic rings. The van der Waals surface area contributed by atoms with Crippen molar-refractivity contribution in [3.63, 3.8) is 0 Å². The molecular formula is C21H16F3N3O5S. The normalized spacial score (nSPS) is 13.2. The minimum Gasteiger partial charge on any atom is -0.453 e. The molecule has 0 fully saturated rings. The van der Waals surface area contributed by atoms with Crippen LogP contribution in [-0.2, 0) is 22.9 Å². The van der Waals surface area contributed by atoms with E-state index in [0.717, 1.165) is 36.0 Å². The second-order valence-electron chi connectivity index (χ2n) is 6.90. The summed E-state index contributed by atoms with van der Waals surface area (Å²) in [6, 6.07) is 8.33. The number of hydrogen-bond acceptors (Lipinski definition) is 7. The molecule has 12 heteroatoms. The molecule has 4 rings (SSSR count). The number of alkyl halides is 3. The first-order chi connectivity index (χ1) is 15.6. The van der Waals surface area contributed by atoms with Gasteiger partial charge in [-0.05, 0) is 48.7 Å². The second-order valence-corrected chi connectivity index (χ2v) is 8.85. The van der Waals surface area contributed by atoms with Crippen LogP contribution in [0.15, 0.2) is 69.1 Å². The lowest BCUT2D eigenvalue weighted by Gasteiger charge is -2.10. The molecule has 0 radical (unpaired) electrons. The largest absolute Gasteiger partial charge is 0.573 e. The fourth-order valence-corrected chi connectivity index (χ4v) is 4.28. The first-order valence-electron chi connectivity index (χ1n) is 9.48. The van der Waals surface area contributed by atoms with E-state index >= 15 is 0 Å². The van der Waals surface area contributed by atoms with Gasteiger partial charge in [0.2, 0.25) is 9.84 Å². The Morgan fingerprint density at radius 1 is 1.18 bits per heavy atom. The number of carbonyl (C=O) groups is 1. The average Bonchev–Trinajstić information content (AvgIpc) is 3.21. The molecule has 0 saturated carbocycles. The minimum atomic E-state index is -4.95. The monoisotopic (exact) mass is 479 g/mol. The number of benzene rings is 1. The van der Waals surface area contributed by atoms with Crippen molar-refractivity contribution < 1.29 is 35.5 Å². The van der Waals surface area contributed by atoms with E-state index in [4.69, 9.17) is 4.42 Å². The molecule has 0 unspecified atom stereocenters. The standard InChI is InChI=1S/C21H16F3N3O5S/c22-21(23,24)32-15-2-1-3-16(9-15)33(29,30)17-5-4-14(26-11-17)10-27-20(28)18-8-13-6-7-25-12-19(13)31-18/h1-9,11,25H,10,12H2,(H,27,28). The molecular weight excluding hydrogens is 463 g/mol. The lowest BCUT2D eigenvalue weighted by atomic mass is 10.2. The van der Waals surface area contributed by atoms with E-state index in [0.29, 0.717) is 18.0 Å². The van der Waals surface area contributed by atoms with E-state index in [1.807, 2.05) is 0 Å². The van der Waals surface area contributed by atoms with Gasteiger partial charge in [-0.2, -0.15) is 0 Å². The van der Waals surface area contributed by atoms with Crippen LogP contribution in [0.1, 0.15) is 27.6 Å². The van der Waals surface area contributed by atoms with Crippen LogP contribution in [0.5, 0.6) is 5.75 Å². The van der Waals surface area contributed by atoms with Gasteiger partial charge in [-0.1, -0.05) is 6.07 Å². The fourth-order valence-electron chi connectivity index (χ4n) is 3.04. The first-order valence-corrected chi connectivity index (χ1v) is 11.0.